The molecular weight excluding hydrogens is 425 g/mol. The predicted molar refractivity (Wildman–Crippen MR) is 113 cm³/mol. The summed E-state index contributed by atoms with van der Waals surface area (Å²) in [7, 11) is 0. The van der Waals surface area contributed by atoms with E-state index in [1.165, 1.54) is 4.90 Å². The van der Waals surface area contributed by atoms with Crippen molar-refractivity contribution in [3.05, 3.63) is 74.6 Å². The van der Waals surface area contributed by atoms with Crippen LogP contribution in [-0.2, 0) is 9.59 Å². The molecule has 2 aromatic carbocycles. The Hall–Kier alpha value is -1.86. The number of hydrogen-bond donors (Lipinski definition) is 1. The van der Waals surface area contributed by atoms with E-state index >= 15 is 0 Å². The first-order valence-electron chi connectivity index (χ1n) is 7.85. The van der Waals surface area contributed by atoms with Crippen LogP contribution in [-0.4, -0.2) is 26.2 Å². The fourth-order valence-corrected chi connectivity index (χ4v) is 4.52. The van der Waals surface area contributed by atoms with Gasteiger partial charge in [0.1, 0.15) is 4.32 Å². The zero-order chi connectivity index (χ0) is 19.6. The Balaban J connectivity index is 1.96. The molecule has 138 valence electrons. The molecule has 27 heavy (non-hydrogen) atoms. The molecule has 1 aliphatic rings. The molecule has 1 aliphatic heterocycles. The molecule has 3 rings (SSSR count). The molecule has 1 amide bonds. The first kappa shape index (κ1) is 19.9. The fraction of sp³-hybridized carbons (Fsp3) is 0.105. The number of carbonyl (C=O) groups is 2. The molecular formula is C19H13Cl2NO3S2. The van der Waals surface area contributed by atoms with Gasteiger partial charge in [0.2, 0.25) is 0 Å². The first-order chi connectivity index (χ1) is 12.9. The van der Waals surface area contributed by atoms with Crippen molar-refractivity contribution >= 4 is 69.5 Å². The van der Waals surface area contributed by atoms with Crippen LogP contribution in [0.2, 0.25) is 10.0 Å². The molecule has 0 saturated carbocycles. The molecule has 4 nitrogen and oxygen atoms in total. The van der Waals surface area contributed by atoms with E-state index in [1.54, 1.807) is 48.5 Å². The smallest absolute Gasteiger partial charge is 0.305 e. The lowest BCUT2D eigenvalue weighted by Crippen LogP contribution is -2.34. The molecule has 1 saturated heterocycles. The number of carboxylic acids is 1. The third-order valence-corrected chi connectivity index (χ3v) is 5.83. The van der Waals surface area contributed by atoms with E-state index in [0.29, 0.717) is 30.4 Å². The maximum atomic E-state index is 13.0. The van der Waals surface area contributed by atoms with Gasteiger partial charge in [-0.25, -0.2) is 0 Å². The number of nitrogens with zero attached hydrogens (tertiary/aromatic N) is 1. The van der Waals surface area contributed by atoms with Gasteiger partial charge in [0.25, 0.3) is 5.91 Å². The van der Waals surface area contributed by atoms with E-state index in [0.717, 1.165) is 11.8 Å². The lowest BCUT2D eigenvalue weighted by molar-refractivity contribution is -0.138. The van der Waals surface area contributed by atoms with Gasteiger partial charge in [0.15, 0.2) is 0 Å². The number of carboxylic acid groups (broad SMARTS) is 1. The minimum atomic E-state index is -1.01. The van der Waals surface area contributed by atoms with Crippen LogP contribution in [0.1, 0.15) is 23.6 Å². The molecule has 1 atom stereocenters. The minimum Gasteiger partial charge on any atom is -0.481 e. The molecule has 2 aromatic rings. The van der Waals surface area contributed by atoms with Gasteiger partial charge in [-0.1, -0.05) is 83.6 Å². The number of aliphatic carboxylic acids is 1. The van der Waals surface area contributed by atoms with Gasteiger partial charge in [0.05, 0.1) is 17.4 Å². The van der Waals surface area contributed by atoms with Gasteiger partial charge < -0.3 is 5.11 Å². The summed E-state index contributed by atoms with van der Waals surface area (Å²) in [5.41, 5.74) is 1.35. The van der Waals surface area contributed by atoms with E-state index < -0.39 is 12.0 Å². The monoisotopic (exact) mass is 437 g/mol. The summed E-state index contributed by atoms with van der Waals surface area (Å²) in [6.07, 6.45) is 1.40. The second-order valence-electron chi connectivity index (χ2n) is 5.74. The Morgan fingerprint density at radius 3 is 2.56 bits per heavy atom. The highest BCUT2D eigenvalue weighted by Gasteiger charge is 2.38. The molecule has 0 radical (unpaired) electrons. The third kappa shape index (κ3) is 4.52. The van der Waals surface area contributed by atoms with Crippen LogP contribution < -0.4 is 0 Å². The van der Waals surface area contributed by atoms with Crippen LogP contribution in [0, 0.1) is 0 Å². The van der Waals surface area contributed by atoms with Crippen LogP contribution in [0.5, 0.6) is 0 Å². The second kappa shape index (κ2) is 8.44. The van der Waals surface area contributed by atoms with Crippen molar-refractivity contribution < 1.29 is 14.7 Å². The maximum absolute atomic E-state index is 13.0. The Bertz CT molecular complexity index is 947. The lowest BCUT2D eigenvalue weighted by atomic mass is 10.0. The Labute approximate surface area is 175 Å². The summed E-state index contributed by atoms with van der Waals surface area (Å²) in [4.78, 5) is 26.1. The summed E-state index contributed by atoms with van der Waals surface area (Å²) in [6.45, 7) is 0. The van der Waals surface area contributed by atoms with Gasteiger partial charge in [-0.05, 0) is 29.3 Å². The second-order valence-corrected chi connectivity index (χ2v) is 8.26. The number of amides is 1. The molecule has 0 bridgehead atoms. The predicted octanol–water partition coefficient (Wildman–Crippen LogP) is 5.41. The highest BCUT2D eigenvalue weighted by molar-refractivity contribution is 8.26. The summed E-state index contributed by atoms with van der Waals surface area (Å²) in [6, 6.07) is 13.3. The quantitative estimate of drug-likeness (QED) is 0.500. The highest BCUT2D eigenvalue weighted by Crippen LogP contribution is 2.40. The summed E-state index contributed by atoms with van der Waals surface area (Å²) in [5, 5.41) is 10.2. The molecule has 1 fully saturated rings. The minimum absolute atomic E-state index is 0.245. The van der Waals surface area contributed by atoms with Crippen LogP contribution in [0.25, 0.3) is 6.08 Å². The highest BCUT2D eigenvalue weighted by atomic mass is 35.5. The molecule has 0 aliphatic carbocycles. The Morgan fingerprint density at radius 1 is 1.22 bits per heavy atom. The van der Waals surface area contributed by atoms with Gasteiger partial charge in [-0.3, -0.25) is 14.5 Å². The average molecular weight is 438 g/mol. The largest absolute Gasteiger partial charge is 0.481 e. The molecule has 1 N–H and O–H groups in total. The van der Waals surface area contributed by atoms with Crippen molar-refractivity contribution in [3.63, 3.8) is 0 Å². The van der Waals surface area contributed by atoms with Crippen molar-refractivity contribution in [2.24, 2.45) is 0 Å². The van der Waals surface area contributed by atoms with Crippen LogP contribution >= 0.6 is 47.2 Å². The Morgan fingerprint density at radius 2 is 1.93 bits per heavy atom. The van der Waals surface area contributed by atoms with E-state index in [9.17, 15) is 14.7 Å². The molecule has 0 unspecified atom stereocenters. The molecule has 1 heterocycles. The van der Waals surface area contributed by atoms with Crippen molar-refractivity contribution in [2.75, 3.05) is 0 Å². The van der Waals surface area contributed by atoms with E-state index in [1.807, 2.05) is 6.07 Å². The van der Waals surface area contributed by atoms with Crippen LogP contribution in [0.4, 0.5) is 0 Å². The van der Waals surface area contributed by atoms with Gasteiger partial charge in [-0.15, -0.1) is 0 Å². The normalized spacial score (nSPS) is 16.8. The number of thioether (sulfide) groups is 1. The van der Waals surface area contributed by atoms with E-state index in [-0.39, 0.29) is 12.3 Å². The topological polar surface area (TPSA) is 57.6 Å². The molecule has 0 aromatic heterocycles. The average Bonchev–Trinajstić information content (AvgIpc) is 2.89. The zero-order valence-corrected chi connectivity index (χ0v) is 16.9. The zero-order valence-electron chi connectivity index (χ0n) is 13.8. The number of rotatable bonds is 5. The first-order valence-corrected chi connectivity index (χ1v) is 9.83. The van der Waals surface area contributed by atoms with E-state index in [4.69, 9.17) is 35.4 Å². The SMILES string of the molecule is O=C(O)C[C@@H](c1ccccc1)N1C(=O)/C(=C/c2ccc(Cl)cc2Cl)SC1=S. The van der Waals surface area contributed by atoms with Gasteiger partial charge in [0, 0.05) is 10.0 Å². The third-order valence-electron chi connectivity index (χ3n) is 3.94. The number of carbonyl (C=O) groups excluding carboxylic acids is 1. The van der Waals surface area contributed by atoms with E-state index in [2.05, 4.69) is 0 Å². The Kier molecular flexibility index (Phi) is 6.22. The number of thiocarbonyl (C=S) groups is 1. The van der Waals surface area contributed by atoms with Gasteiger partial charge >= 0.3 is 5.97 Å². The molecule has 0 spiro atoms. The van der Waals surface area contributed by atoms with Gasteiger partial charge in [-0.2, -0.15) is 0 Å². The summed E-state index contributed by atoms with van der Waals surface area (Å²) in [5.74, 6) is -1.35. The maximum Gasteiger partial charge on any atom is 0.305 e. The summed E-state index contributed by atoms with van der Waals surface area (Å²) >= 11 is 18.6. The standard InChI is InChI=1S/C19H13Cl2NO3S2/c20-13-7-6-12(14(21)9-13)8-16-18(25)22(19(26)27-16)15(10-17(23)24)11-4-2-1-3-5-11/h1-9,15H,10H2,(H,23,24)/b16-8-/t15-/m0/s1. The lowest BCUT2D eigenvalue weighted by Gasteiger charge is -2.26. The number of halogens is 2. The van der Waals surface area contributed by atoms with Crippen molar-refractivity contribution in [1.82, 2.24) is 4.90 Å². The van der Waals surface area contributed by atoms with Crippen molar-refractivity contribution in [3.8, 4) is 0 Å². The van der Waals surface area contributed by atoms with Crippen molar-refractivity contribution in [2.45, 2.75) is 12.5 Å². The van der Waals surface area contributed by atoms with Crippen LogP contribution in [0.15, 0.2) is 53.4 Å². The van der Waals surface area contributed by atoms with Crippen LogP contribution in [0.3, 0.4) is 0 Å². The fourth-order valence-electron chi connectivity index (χ4n) is 2.71. The number of hydrogen-bond acceptors (Lipinski definition) is 4. The molecule has 8 heteroatoms. The summed E-state index contributed by atoms with van der Waals surface area (Å²) < 4.78 is 0.312. The van der Waals surface area contributed by atoms with Crippen molar-refractivity contribution in [1.29, 1.82) is 0 Å². The number of benzene rings is 2.